The van der Waals surface area contributed by atoms with Crippen molar-refractivity contribution >= 4 is 12.0 Å². The molecule has 0 amide bonds. The number of hydrogen-bond donors (Lipinski definition) is 1. The summed E-state index contributed by atoms with van der Waals surface area (Å²) in [4.78, 5) is 18.3. The molecular weight excluding hydrogens is 182 g/mol. The van der Waals surface area contributed by atoms with Crippen LogP contribution in [0, 0.1) is 18.3 Å². The fraction of sp³-hybridized carbons (Fsp3) is 0.111. The van der Waals surface area contributed by atoms with Gasteiger partial charge in [-0.15, -0.1) is 0 Å². The van der Waals surface area contributed by atoms with E-state index < -0.39 is 5.97 Å². The van der Waals surface area contributed by atoms with Crippen molar-refractivity contribution in [3.8, 4) is 6.07 Å². The summed E-state index contributed by atoms with van der Waals surface area (Å²) in [6, 6.07) is 3.11. The molecule has 0 radical (unpaired) electrons. The molecule has 0 spiro atoms. The highest BCUT2D eigenvalue weighted by Crippen LogP contribution is 2.03. The SMILES string of the molecule is Cc1nccc(/C=C(/C#N)C(=O)O)n1. The normalized spacial score (nSPS) is 10.7. The Morgan fingerprint density at radius 1 is 1.71 bits per heavy atom. The van der Waals surface area contributed by atoms with Crippen molar-refractivity contribution in [1.29, 1.82) is 5.26 Å². The van der Waals surface area contributed by atoms with E-state index >= 15 is 0 Å². The molecule has 1 aromatic rings. The van der Waals surface area contributed by atoms with Gasteiger partial charge in [-0.1, -0.05) is 0 Å². The van der Waals surface area contributed by atoms with Gasteiger partial charge in [0.25, 0.3) is 0 Å². The van der Waals surface area contributed by atoms with Crippen molar-refractivity contribution in [3.63, 3.8) is 0 Å². The third-order valence-electron chi connectivity index (χ3n) is 1.44. The molecule has 14 heavy (non-hydrogen) atoms. The molecule has 0 aromatic carbocycles. The lowest BCUT2D eigenvalue weighted by Gasteiger charge is -1.94. The molecule has 0 aliphatic heterocycles. The van der Waals surface area contributed by atoms with E-state index in [1.165, 1.54) is 18.3 Å². The van der Waals surface area contributed by atoms with Crippen LogP contribution in [0.5, 0.6) is 0 Å². The van der Waals surface area contributed by atoms with Crippen LogP contribution in [0.1, 0.15) is 11.5 Å². The number of aryl methyl sites for hydroxylation is 1. The third-order valence-corrected chi connectivity index (χ3v) is 1.44. The van der Waals surface area contributed by atoms with Gasteiger partial charge in [0.15, 0.2) is 0 Å². The molecule has 0 aliphatic carbocycles. The first-order valence-electron chi connectivity index (χ1n) is 3.78. The van der Waals surface area contributed by atoms with E-state index in [0.29, 0.717) is 11.5 Å². The summed E-state index contributed by atoms with van der Waals surface area (Å²) < 4.78 is 0. The van der Waals surface area contributed by atoms with Crippen molar-refractivity contribution in [1.82, 2.24) is 9.97 Å². The molecule has 1 N–H and O–H groups in total. The molecule has 0 atom stereocenters. The second kappa shape index (κ2) is 4.14. The Labute approximate surface area is 80.4 Å². The summed E-state index contributed by atoms with van der Waals surface area (Å²) in [5.41, 5.74) is 0.0690. The number of carboxylic acid groups (broad SMARTS) is 1. The number of rotatable bonds is 2. The van der Waals surface area contributed by atoms with E-state index in [2.05, 4.69) is 9.97 Å². The molecule has 1 rings (SSSR count). The lowest BCUT2D eigenvalue weighted by molar-refractivity contribution is -0.132. The molecule has 1 heterocycles. The highest BCUT2D eigenvalue weighted by atomic mass is 16.4. The van der Waals surface area contributed by atoms with Crippen LogP contribution in [0.15, 0.2) is 17.8 Å². The van der Waals surface area contributed by atoms with E-state index in [0.717, 1.165) is 0 Å². The van der Waals surface area contributed by atoms with Gasteiger partial charge in [0.1, 0.15) is 17.5 Å². The molecule has 1 aromatic heterocycles. The van der Waals surface area contributed by atoms with E-state index in [1.54, 1.807) is 13.0 Å². The van der Waals surface area contributed by atoms with Crippen molar-refractivity contribution in [2.24, 2.45) is 0 Å². The molecule has 0 fully saturated rings. The fourth-order valence-electron chi connectivity index (χ4n) is 0.845. The Morgan fingerprint density at radius 3 is 2.93 bits per heavy atom. The van der Waals surface area contributed by atoms with Crippen LogP contribution < -0.4 is 0 Å². The topological polar surface area (TPSA) is 86.9 Å². The predicted molar refractivity (Wildman–Crippen MR) is 48.0 cm³/mol. The van der Waals surface area contributed by atoms with Crippen molar-refractivity contribution in [2.75, 3.05) is 0 Å². The van der Waals surface area contributed by atoms with Crippen LogP contribution in [-0.4, -0.2) is 21.0 Å². The molecule has 0 bridgehead atoms. The maximum Gasteiger partial charge on any atom is 0.346 e. The van der Waals surface area contributed by atoms with E-state index in [4.69, 9.17) is 10.4 Å². The smallest absolute Gasteiger partial charge is 0.346 e. The number of nitrogens with zero attached hydrogens (tertiary/aromatic N) is 3. The van der Waals surface area contributed by atoms with E-state index in [-0.39, 0.29) is 5.57 Å². The van der Waals surface area contributed by atoms with Crippen LogP contribution in [0.25, 0.3) is 6.08 Å². The van der Waals surface area contributed by atoms with E-state index in [9.17, 15) is 4.79 Å². The van der Waals surface area contributed by atoms with Crippen molar-refractivity contribution in [3.05, 3.63) is 29.4 Å². The largest absolute Gasteiger partial charge is 0.477 e. The summed E-state index contributed by atoms with van der Waals surface area (Å²) in [5, 5.41) is 17.1. The van der Waals surface area contributed by atoms with Gasteiger partial charge in [-0.25, -0.2) is 14.8 Å². The molecule has 0 aliphatic rings. The Balaban J connectivity index is 3.08. The first-order chi connectivity index (χ1) is 6.63. The lowest BCUT2D eigenvalue weighted by atomic mass is 10.2. The first kappa shape index (κ1) is 9.86. The Kier molecular flexibility index (Phi) is 2.92. The standard InChI is InChI=1S/C9H7N3O2/c1-6-11-3-2-8(12-6)4-7(5-10)9(13)14/h2-4H,1H3,(H,13,14)/b7-4-. The van der Waals surface area contributed by atoms with Crippen molar-refractivity contribution < 1.29 is 9.90 Å². The summed E-state index contributed by atoms with van der Waals surface area (Å²) in [5.74, 6) is -0.731. The van der Waals surface area contributed by atoms with Gasteiger partial charge < -0.3 is 5.11 Å². The fourth-order valence-corrected chi connectivity index (χ4v) is 0.845. The molecule has 0 saturated heterocycles. The van der Waals surface area contributed by atoms with Gasteiger partial charge in [0.05, 0.1) is 5.69 Å². The average Bonchev–Trinajstić information content (AvgIpc) is 2.14. The molecule has 0 saturated carbocycles. The minimum absolute atomic E-state index is 0.344. The van der Waals surface area contributed by atoms with Crippen LogP contribution in [0.3, 0.4) is 0 Å². The van der Waals surface area contributed by atoms with Gasteiger partial charge >= 0.3 is 5.97 Å². The second-order valence-corrected chi connectivity index (χ2v) is 2.50. The molecular formula is C9H7N3O2. The third kappa shape index (κ3) is 2.38. The zero-order chi connectivity index (χ0) is 10.6. The first-order valence-corrected chi connectivity index (χ1v) is 3.78. The minimum Gasteiger partial charge on any atom is -0.477 e. The van der Waals surface area contributed by atoms with Gasteiger partial charge in [-0.2, -0.15) is 5.26 Å². The van der Waals surface area contributed by atoms with E-state index in [1.807, 2.05) is 0 Å². The molecule has 0 unspecified atom stereocenters. The average molecular weight is 189 g/mol. The number of aliphatic carboxylic acids is 1. The minimum atomic E-state index is -1.26. The summed E-state index contributed by atoms with van der Waals surface area (Å²) in [7, 11) is 0. The predicted octanol–water partition coefficient (Wildman–Crippen LogP) is 0.777. The van der Waals surface area contributed by atoms with Gasteiger partial charge in [-0.3, -0.25) is 0 Å². The zero-order valence-corrected chi connectivity index (χ0v) is 7.43. The lowest BCUT2D eigenvalue weighted by Crippen LogP contribution is -1.98. The maximum atomic E-state index is 10.5. The zero-order valence-electron chi connectivity index (χ0n) is 7.43. The van der Waals surface area contributed by atoms with Crippen LogP contribution in [0.2, 0.25) is 0 Å². The Bertz CT molecular complexity index is 432. The Hall–Kier alpha value is -2.22. The Morgan fingerprint density at radius 2 is 2.43 bits per heavy atom. The molecule has 70 valence electrons. The number of aromatic nitrogens is 2. The van der Waals surface area contributed by atoms with Crippen LogP contribution in [-0.2, 0) is 4.79 Å². The van der Waals surface area contributed by atoms with Crippen LogP contribution in [0.4, 0.5) is 0 Å². The number of nitriles is 1. The molecule has 5 nitrogen and oxygen atoms in total. The van der Waals surface area contributed by atoms with Gasteiger partial charge in [0.2, 0.25) is 0 Å². The number of hydrogen-bond acceptors (Lipinski definition) is 4. The maximum absolute atomic E-state index is 10.5. The van der Waals surface area contributed by atoms with Gasteiger partial charge in [-0.05, 0) is 19.1 Å². The monoisotopic (exact) mass is 189 g/mol. The van der Waals surface area contributed by atoms with Crippen LogP contribution >= 0.6 is 0 Å². The number of carboxylic acids is 1. The quantitative estimate of drug-likeness (QED) is 0.548. The summed E-state index contributed by atoms with van der Waals surface area (Å²) in [6.07, 6.45) is 2.71. The summed E-state index contributed by atoms with van der Waals surface area (Å²) in [6.45, 7) is 1.68. The highest BCUT2D eigenvalue weighted by Gasteiger charge is 2.05. The van der Waals surface area contributed by atoms with Gasteiger partial charge in [0, 0.05) is 6.20 Å². The highest BCUT2D eigenvalue weighted by molar-refractivity contribution is 5.96. The second-order valence-electron chi connectivity index (χ2n) is 2.50. The number of carbonyl (C=O) groups is 1. The van der Waals surface area contributed by atoms with Crippen molar-refractivity contribution in [2.45, 2.75) is 6.92 Å². The molecule has 5 heteroatoms. The summed E-state index contributed by atoms with van der Waals surface area (Å²) >= 11 is 0.